The fraction of sp³-hybridized carbons (Fsp3) is 0.222. The Bertz CT molecular complexity index is 441. The molecule has 1 heterocycles. The highest BCUT2D eigenvalue weighted by Crippen LogP contribution is 1.92. The Morgan fingerprint density at radius 2 is 2.15 bits per heavy atom. The van der Waals surface area contributed by atoms with Crippen LogP contribution in [0.25, 0.3) is 6.08 Å². The van der Waals surface area contributed by atoms with Crippen molar-refractivity contribution in [2.75, 3.05) is 0 Å². The van der Waals surface area contributed by atoms with Gasteiger partial charge in [0.05, 0.1) is 11.4 Å². The van der Waals surface area contributed by atoms with E-state index < -0.39 is 7.12 Å². The van der Waals surface area contributed by atoms with E-state index in [0.29, 0.717) is 5.46 Å². The molecule has 0 fully saturated rings. The number of rotatable bonds is 1. The molecular formula is C9H10BNO2. The second kappa shape index (κ2) is 2.98. The highest BCUT2D eigenvalue weighted by atomic mass is 16.4. The van der Waals surface area contributed by atoms with E-state index in [2.05, 4.69) is 4.99 Å². The second-order valence-corrected chi connectivity index (χ2v) is 3.19. The highest BCUT2D eigenvalue weighted by molar-refractivity contribution is 6.58. The zero-order valence-electron chi connectivity index (χ0n) is 7.31. The van der Waals surface area contributed by atoms with Crippen molar-refractivity contribution >= 4 is 18.7 Å². The van der Waals surface area contributed by atoms with E-state index in [4.69, 9.17) is 10.0 Å². The second-order valence-electron chi connectivity index (χ2n) is 3.19. The Kier molecular flexibility index (Phi) is 1.94. The van der Waals surface area contributed by atoms with Gasteiger partial charge in [-0.05, 0) is 23.7 Å². The van der Waals surface area contributed by atoms with Crippen molar-refractivity contribution < 1.29 is 10.0 Å². The van der Waals surface area contributed by atoms with Crippen molar-refractivity contribution in [3.63, 3.8) is 0 Å². The summed E-state index contributed by atoms with van der Waals surface area (Å²) in [6.07, 6.45) is 1.93. The van der Waals surface area contributed by atoms with E-state index in [1.807, 2.05) is 19.1 Å². The lowest BCUT2D eigenvalue weighted by atomic mass is 9.79. The minimum atomic E-state index is -1.41. The summed E-state index contributed by atoms with van der Waals surface area (Å²) in [5.74, 6) is 0. The first-order valence-corrected chi connectivity index (χ1v) is 4.23. The maximum absolute atomic E-state index is 9.07. The van der Waals surface area contributed by atoms with E-state index in [1.54, 1.807) is 12.1 Å². The average molecular weight is 175 g/mol. The lowest BCUT2D eigenvalue weighted by molar-refractivity contribution is 0.425. The minimum Gasteiger partial charge on any atom is -0.423 e. The van der Waals surface area contributed by atoms with Gasteiger partial charge in [-0.25, -0.2) is 0 Å². The molecule has 1 aromatic carbocycles. The molecule has 0 amide bonds. The first-order chi connectivity index (χ1) is 6.18. The molecule has 1 atom stereocenters. The van der Waals surface area contributed by atoms with Crippen LogP contribution in [0.2, 0.25) is 0 Å². The Morgan fingerprint density at radius 3 is 2.85 bits per heavy atom. The summed E-state index contributed by atoms with van der Waals surface area (Å²) in [4.78, 5) is 4.32. The number of fused-ring (bicyclic) bond motifs is 1. The van der Waals surface area contributed by atoms with Crippen LogP contribution in [-0.2, 0) is 0 Å². The Hall–Kier alpha value is -1.13. The Labute approximate surface area is 76.2 Å². The third-order valence-electron chi connectivity index (χ3n) is 2.15. The van der Waals surface area contributed by atoms with Crippen LogP contribution in [0.5, 0.6) is 0 Å². The van der Waals surface area contributed by atoms with E-state index in [0.717, 1.165) is 10.6 Å². The third kappa shape index (κ3) is 1.38. The molecule has 0 aliphatic carbocycles. The van der Waals surface area contributed by atoms with Gasteiger partial charge < -0.3 is 10.0 Å². The molecule has 0 aromatic heterocycles. The van der Waals surface area contributed by atoms with Crippen LogP contribution < -0.4 is 16.0 Å². The van der Waals surface area contributed by atoms with Crippen LogP contribution in [0.4, 0.5) is 0 Å². The molecular weight excluding hydrogens is 165 g/mol. The normalized spacial score (nSPS) is 18.8. The maximum Gasteiger partial charge on any atom is 0.489 e. The van der Waals surface area contributed by atoms with Crippen LogP contribution in [-0.4, -0.2) is 23.2 Å². The first kappa shape index (κ1) is 8.47. The van der Waals surface area contributed by atoms with Crippen molar-refractivity contribution in [2.45, 2.75) is 13.0 Å². The summed E-state index contributed by atoms with van der Waals surface area (Å²) in [7, 11) is -1.41. The van der Waals surface area contributed by atoms with Crippen LogP contribution in [0.1, 0.15) is 6.92 Å². The van der Waals surface area contributed by atoms with Crippen molar-refractivity contribution in [3.05, 3.63) is 28.8 Å². The van der Waals surface area contributed by atoms with E-state index >= 15 is 0 Å². The van der Waals surface area contributed by atoms with Crippen molar-refractivity contribution in [3.8, 4) is 0 Å². The topological polar surface area (TPSA) is 52.8 Å². The SMILES string of the molecule is CC1C=c2c(B(O)O)cccc2=N1. The average Bonchev–Trinajstić information content (AvgIpc) is 2.43. The van der Waals surface area contributed by atoms with Gasteiger partial charge in [-0.1, -0.05) is 18.2 Å². The largest absolute Gasteiger partial charge is 0.489 e. The number of hydrogen-bond donors (Lipinski definition) is 2. The number of hydrogen-bond acceptors (Lipinski definition) is 3. The quantitative estimate of drug-likeness (QED) is 0.493. The molecule has 0 bridgehead atoms. The number of benzene rings is 1. The fourth-order valence-corrected chi connectivity index (χ4v) is 1.59. The van der Waals surface area contributed by atoms with Crippen LogP contribution in [0, 0.1) is 0 Å². The Morgan fingerprint density at radius 1 is 1.38 bits per heavy atom. The first-order valence-electron chi connectivity index (χ1n) is 4.23. The maximum atomic E-state index is 9.07. The van der Waals surface area contributed by atoms with Gasteiger partial charge in [0, 0.05) is 0 Å². The molecule has 1 aliphatic rings. The molecule has 4 heteroatoms. The van der Waals surface area contributed by atoms with E-state index in [-0.39, 0.29) is 6.04 Å². The predicted octanol–water partition coefficient (Wildman–Crippen LogP) is -1.83. The fourth-order valence-electron chi connectivity index (χ4n) is 1.59. The zero-order valence-corrected chi connectivity index (χ0v) is 7.31. The molecule has 1 aliphatic heterocycles. The molecule has 0 radical (unpaired) electrons. The smallest absolute Gasteiger partial charge is 0.423 e. The van der Waals surface area contributed by atoms with Gasteiger partial charge in [-0.15, -0.1) is 0 Å². The highest BCUT2D eigenvalue weighted by Gasteiger charge is 2.15. The van der Waals surface area contributed by atoms with Crippen molar-refractivity contribution in [2.24, 2.45) is 4.99 Å². The van der Waals surface area contributed by atoms with Crippen LogP contribution in [0.15, 0.2) is 23.2 Å². The lowest BCUT2D eigenvalue weighted by Gasteiger charge is -1.97. The lowest BCUT2D eigenvalue weighted by Crippen LogP contribution is -2.47. The molecule has 1 aromatic rings. The summed E-state index contributed by atoms with van der Waals surface area (Å²) >= 11 is 0. The molecule has 1 unspecified atom stereocenters. The summed E-state index contributed by atoms with van der Waals surface area (Å²) in [5.41, 5.74) is 0.533. The molecule has 0 spiro atoms. The van der Waals surface area contributed by atoms with Crippen molar-refractivity contribution in [1.82, 2.24) is 0 Å². The van der Waals surface area contributed by atoms with E-state index in [9.17, 15) is 0 Å². The Balaban J connectivity index is 2.73. The van der Waals surface area contributed by atoms with Gasteiger partial charge in [0.2, 0.25) is 0 Å². The van der Waals surface area contributed by atoms with Gasteiger partial charge in [0.15, 0.2) is 0 Å². The van der Waals surface area contributed by atoms with E-state index in [1.165, 1.54) is 0 Å². The van der Waals surface area contributed by atoms with Gasteiger partial charge in [0.25, 0.3) is 0 Å². The van der Waals surface area contributed by atoms with Crippen LogP contribution in [0.3, 0.4) is 0 Å². The monoisotopic (exact) mass is 175 g/mol. The van der Waals surface area contributed by atoms with Gasteiger partial charge in [0.1, 0.15) is 0 Å². The van der Waals surface area contributed by atoms with Gasteiger partial charge >= 0.3 is 7.12 Å². The van der Waals surface area contributed by atoms with Crippen molar-refractivity contribution in [1.29, 1.82) is 0 Å². The standard InChI is InChI=1S/C9H10BNO2/c1-6-5-7-8(10(12)13)3-2-4-9(7)11-6/h2-6,12-13H,1H3. The summed E-state index contributed by atoms with van der Waals surface area (Å²) in [6.45, 7) is 1.97. The summed E-state index contributed by atoms with van der Waals surface area (Å²) in [6, 6.07) is 5.49. The minimum absolute atomic E-state index is 0.134. The molecule has 66 valence electrons. The third-order valence-corrected chi connectivity index (χ3v) is 2.15. The molecule has 3 nitrogen and oxygen atoms in total. The summed E-state index contributed by atoms with van der Waals surface area (Å²) in [5, 5.41) is 19.8. The molecule has 13 heavy (non-hydrogen) atoms. The molecule has 0 saturated carbocycles. The van der Waals surface area contributed by atoms with Gasteiger partial charge in [-0.2, -0.15) is 0 Å². The predicted molar refractivity (Wildman–Crippen MR) is 51.0 cm³/mol. The van der Waals surface area contributed by atoms with Crippen LogP contribution >= 0.6 is 0 Å². The zero-order chi connectivity index (χ0) is 9.42. The molecule has 2 rings (SSSR count). The number of nitrogens with zero attached hydrogens (tertiary/aromatic N) is 1. The molecule has 2 N–H and O–H groups in total. The molecule has 0 saturated heterocycles. The summed E-state index contributed by atoms with van der Waals surface area (Å²) < 4.78 is 0. The van der Waals surface area contributed by atoms with Gasteiger partial charge in [-0.3, -0.25) is 4.99 Å².